The SMILES string of the molecule is CC(C)OC(=O)NC1COCC1N. The van der Waals surface area contributed by atoms with Gasteiger partial charge in [-0.25, -0.2) is 4.79 Å². The fraction of sp³-hybridized carbons (Fsp3) is 0.875. The summed E-state index contributed by atoms with van der Waals surface area (Å²) >= 11 is 0. The van der Waals surface area contributed by atoms with E-state index in [1.807, 2.05) is 0 Å². The van der Waals surface area contributed by atoms with Crippen molar-refractivity contribution in [2.24, 2.45) is 5.73 Å². The zero-order valence-corrected chi connectivity index (χ0v) is 7.95. The molecule has 1 fully saturated rings. The van der Waals surface area contributed by atoms with Gasteiger partial charge in [0.15, 0.2) is 0 Å². The van der Waals surface area contributed by atoms with Crippen LogP contribution in [0.25, 0.3) is 0 Å². The number of rotatable bonds is 2. The molecule has 1 heterocycles. The molecule has 0 saturated carbocycles. The van der Waals surface area contributed by atoms with E-state index in [-0.39, 0.29) is 18.2 Å². The molecule has 0 aromatic rings. The molecule has 1 aliphatic rings. The van der Waals surface area contributed by atoms with E-state index in [1.165, 1.54) is 0 Å². The normalized spacial score (nSPS) is 27.7. The minimum atomic E-state index is -0.430. The van der Waals surface area contributed by atoms with Crippen molar-refractivity contribution in [3.05, 3.63) is 0 Å². The van der Waals surface area contributed by atoms with E-state index in [0.717, 1.165) is 0 Å². The molecule has 0 aromatic heterocycles. The molecule has 0 aromatic carbocycles. The maximum Gasteiger partial charge on any atom is 0.407 e. The zero-order chi connectivity index (χ0) is 9.84. The van der Waals surface area contributed by atoms with E-state index in [0.29, 0.717) is 13.2 Å². The van der Waals surface area contributed by atoms with Crippen molar-refractivity contribution >= 4 is 6.09 Å². The van der Waals surface area contributed by atoms with Gasteiger partial charge in [-0.1, -0.05) is 0 Å². The second-order valence-electron chi connectivity index (χ2n) is 3.41. The number of amides is 1. The summed E-state index contributed by atoms with van der Waals surface area (Å²) in [6.07, 6.45) is -0.542. The van der Waals surface area contributed by atoms with Crippen LogP contribution in [0.1, 0.15) is 13.8 Å². The molecule has 3 N–H and O–H groups in total. The van der Waals surface area contributed by atoms with Crippen molar-refractivity contribution in [1.29, 1.82) is 0 Å². The number of nitrogens with one attached hydrogen (secondary N) is 1. The van der Waals surface area contributed by atoms with Gasteiger partial charge in [-0.3, -0.25) is 0 Å². The number of ether oxygens (including phenoxy) is 2. The Kier molecular flexibility index (Phi) is 3.50. The number of hydrogen-bond donors (Lipinski definition) is 2. The highest BCUT2D eigenvalue weighted by Crippen LogP contribution is 2.03. The van der Waals surface area contributed by atoms with Crippen LogP contribution < -0.4 is 11.1 Å². The molecule has 2 unspecified atom stereocenters. The molecular formula is C8H16N2O3. The molecule has 0 bridgehead atoms. The molecule has 0 radical (unpaired) electrons. The summed E-state index contributed by atoms with van der Waals surface area (Å²) < 4.78 is 9.98. The van der Waals surface area contributed by atoms with Crippen molar-refractivity contribution in [3.8, 4) is 0 Å². The Labute approximate surface area is 77.6 Å². The summed E-state index contributed by atoms with van der Waals surface area (Å²) in [6.45, 7) is 4.55. The Bertz CT molecular complexity index is 184. The standard InChI is InChI=1S/C8H16N2O3/c1-5(2)13-8(11)10-7-4-12-3-6(7)9/h5-7H,3-4,9H2,1-2H3,(H,10,11). The van der Waals surface area contributed by atoms with Gasteiger partial charge in [-0.2, -0.15) is 0 Å². The van der Waals surface area contributed by atoms with Gasteiger partial charge in [0.25, 0.3) is 0 Å². The Morgan fingerprint density at radius 2 is 2.31 bits per heavy atom. The largest absolute Gasteiger partial charge is 0.447 e. The molecule has 2 atom stereocenters. The topological polar surface area (TPSA) is 73.6 Å². The highest BCUT2D eigenvalue weighted by atomic mass is 16.6. The van der Waals surface area contributed by atoms with E-state index >= 15 is 0 Å². The predicted octanol–water partition coefficient (Wildman–Crippen LogP) is -0.153. The summed E-state index contributed by atoms with van der Waals surface area (Å²) in [6, 6.07) is -0.244. The second kappa shape index (κ2) is 4.43. The third-order valence-electron chi connectivity index (χ3n) is 1.77. The highest BCUT2D eigenvalue weighted by Gasteiger charge is 2.26. The van der Waals surface area contributed by atoms with Crippen LogP contribution in [0.2, 0.25) is 0 Å². The first kappa shape index (κ1) is 10.3. The van der Waals surface area contributed by atoms with E-state index in [1.54, 1.807) is 13.8 Å². The van der Waals surface area contributed by atoms with E-state index < -0.39 is 6.09 Å². The molecule has 0 aliphatic carbocycles. The van der Waals surface area contributed by atoms with E-state index in [9.17, 15) is 4.79 Å². The van der Waals surface area contributed by atoms with Gasteiger partial charge in [0.1, 0.15) is 0 Å². The van der Waals surface area contributed by atoms with E-state index in [2.05, 4.69) is 5.32 Å². The van der Waals surface area contributed by atoms with Crippen LogP contribution in [-0.4, -0.2) is 37.5 Å². The quantitative estimate of drug-likeness (QED) is 0.632. The third kappa shape index (κ3) is 3.20. The van der Waals surface area contributed by atoms with Crippen LogP contribution in [-0.2, 0) is 9.47 Å². The number of carbonyl (C=O) groups is 1. The van der Waals surface area contributed by atoms with Gasteiger partial charge >= 0.3 is 6.09 Å². The molecule has 5 nitrogen and oxygen atoms in total. The highest BCUT2D eigenvalue weighted by molar-refractivity contribution is 5.67. The third-order valence-corrected chi connectivity index (χ3v) is 1.77. The number of nitrogens with two attached hydrogens (primary N) is 1. The van der Waals surface area contributed by atoms with Crippen LogP contribution >= 0.6 is 0 Å². The first-order valence-electron chi connectivity index (χ1n) is 4.40. The average Bonchev–Trinajstić information content (AvgIpc) is 2.34. The van der Waals surface area contributed by atoms with Crippen LogP contribution in [0.3, 0.4) is 0 Å². The van der Waals surface area contributed by atoms with Crippen LogP contribution in [0, 0.1) is 0 Å². The van der Waals surface area contributed by atoms with Crippen LogP contribution in [0.4, 0.5) is 4.79 Å². The fourth-order valence-corrected chi connectivity index (χ4v) is 1.12. The van der Waals surface area contributed by atoms with E-state index in [4.69, 9.17) is 15.2 Å². The Morgan fingerprint density at radius 3 is 2.77 bits per heavy atom. The van der Waals surface area contributed by atoms with Crippen LogP contribution in [0.5, 0.6) is 0 Å². The molecular weight excluding hydrogens is 172 g/mol. The van der Waals surface area contributed by atoms with Gasteiger partial charge in [0.05, 0.1) is 31.4 Å². The Hall–Kier alpha value is -0.810. The van der Waals surface area contributed by atoms with Gasteiger partial charge in [-0.05, 0) is 13.8 Å². The monoisotopic (exact) mass is 188 g/mol. The lowest BCUT2D eigenvalue weighted by Crippen LogP contribution is -2.47. The lowest BCUT2D eigenvalue weighted by atomic mass is 10.2. The molecule has 1 amide bonds. The van der Waals surface area contributed by atoms with Crippen molar-refractivity contribution < 1.29 is 14.3 Å². The van der Waals surface area contributed by atoms with Crippen LogP contribution in [0.15, 0.2) is 0 Å². The molecule has 13 heavy (non-hydrogen) atoms. The lowest BCUT2D eigenvalue weighted by Gasteiger charge is -2.16. The Morgan fingerprint density at radius 1 is 1.62 bits per heavy atom. The second-order valence-corrected chi connectivity index (χ2v) is 3.41. The first-order valence-corrected chi connectivity index (χ1v) is 4.40. The van der Waals surface area contributed by atoms with Gasteiger partial charge in [0, 0.05) is 0 Å². The lowest BCUT2D eigenvalue weighted by molar-refractivity contribution is 0.110. The minimum absolute atomic E-state index is 0.112. The zero-order valence-electron chi connectivity index (χ0n) is 7.95. The number of hydrogen-bond acceptors (Lipinski definition) is 4. The molecule has 0 spiro atoms. The fourth-order valence-electron chi connectivity index (χ4n) is 1.12. The molecule has 1 saturated heterocycles. The number of alkyl carbamates (subject to hydrolysis) is 1. The van der Waals surface area contributed by atoms with Crippen molar-refractivity contribution in [2.75, 3.05) is 13.2 Å². The average molecular weight is 188 g/mol. The molecule has 1 rings (SSSR count). The van der Waals surface area contributed by atoms with Gasteiger partial charge < -0.3 is 20.5 Å². The number of carbonyl (C=O) groups excluding carboxylic acids is 1. The predicted molar refractivity (Wildman–Crippen MR) is 47.3 cm³/mol. The smallest absolute Gasteiger partial charge is 0.407 e. The minimum Gasteiger partial charge on any atom is -0.447 e. The summed E-state index contributed by atoms with van der Waals surface area (Å²) in [5.74, 6) is 0. The first-order chi connectivity index (χ1) is 6.09. The van der Waals surface area contributed by atoms with Gasteiger partial charge in [0.2, 0.25) is 0 Å². The Balaban J connectivity index is 2.27. The van der Waals surface area contributed by atoms with Gasteiger partial charge in [-0.15, -0.1) is 0 Å². The summed E-state index contributed by atoms with van der Waals surface area (Å²) in [7, 11) is 0. The maximum absolute atomic E-state index is 11.1. The summed E-state index contributed by atoms with van der Waals surface area (Å²) in [5, 5.41) is 2.65. The molecule has 5 heteroatoms. The summed E-state index contributed by atoms with van der Waals surface area (Å²) in [4.78, 5) is 11.1. The van der Waals surface area contributed by atoms with Crippen molar-refractivity contribution in [2.45, 2.75) is 32.0 Å². The van der Waals surface area contributed by atoms with Crippen molar-refractivity contribution in [1.82, 2.24) is 5.32 Å². The maximum atomic E-state index is 11.1. The summed E-state index contributed by atoms with van der Waals surface area (Å²) in [5.41, 5.74) is 5.66. The molecule has 1 aliphatic heterocycles. The van der Waals surface area contributed by atoms with Crippen molar-refractivity contribution in [3.63, 3.8) is 0 Å². The molecule has 76 valence electrons.